The van der Waals surface area contributed by atoms with Gasteiger partial charge in [-0.25, -0.2) is 0 Å². The molecular formula is C38H42N2O4. The van der Waals surface area contributed by atoms with Gasteiger partial charge in [0.25, 0.3) is 0 Å². The van der Waals surface area contributed by atoms with Gasteiger partial charge in [-0.1, -0.05) is 62.4 Å². The lowest BCUT2D eigenvalue weighted by Crippen LogP contribution is -2.54. The molecule has 2 spiro atoms. The molecule has 4 N–H and O–H groups in total. The Morgan fingerprint density at radius 3 is 1.41 bits per heavy atom. The first-order chi connectivity index (χ1) is 21.3. The molecule has 4 aromatic carbocycles. The first kappa shape index (κ1) is 26.9. The zero-order valence-electron chi connectivity index (χ0n) is 25.6. The van der Waals surface area contributed by atoms with Crippen LogP contribution in [0, 0.1) is 11.8 Å². The summed E-state index contributed by atoms with van der Waals surface area (Å²) >= 11 is 0. The van der Waals surface area contributed by atoms with Crippen LogP contribution in [-0.4, -0.2) is 33.9 Å². The molecule has 6 heteroatoms. The summed E-state index contributed by atoms with van der Waals surface area (Å²) in [6.45, 7) is 4.63. The van der Waals surface area contributed by atoms with Gasteiger partial charge in [0.2, 0.25) is 0 Å². The van der Waals surface area contributed by atoms with Gasteiger partial charge in [-0.15, -0.1) is 0 Å². The van der Waals surface area contributed by atoms with Crippen molar-refractivity contribution in [2.45, 2.75) is 101 Å². The van der Waals surface area contributed by atoms with Crippen molar-refractivity contribution in [3.8, 4) is 11.5 Å². The zero-order chi connectivity index (χ0) is 29.8. The summed E-state index contributed by atoms with van der Waals surface area (Å²) in [6, 6.07) is 20.9. The van der Waals surface area contributed by atoms with Crippen molar-refractivity contribution in [2.75, 3.05) is 10.6 Å². The third-order valence-electron chi connectivity index (χ3n) is 11.7. The van der Waals surface area contributed by atoms with Crippen LogP contribution in [0.5, 0.6) is 11.5 Å². The number of hydrogen-bond acceptors (Lipinski definition) is 6. The maximum Gasteiger partial charge on any atom is 0.180 e. The van der Waals surface area contributed by atoms with E-state index < -0.39 is 35.5 Å². The highest BCUT2D eigenvalue weighted by molar-refractivity contribution is 6.03. The normalized spacial score (nSPS) is 35.5. The number of anilines is 2. The summed E-state index contributed by atoms with van der Waals surface area (Å²) in [5.41, 5.74) is 3.10. The Bertz CT molecular complexity index is 1650. The molecule has 3 aliphatic carbocycles. The molecule has 2 aliphatic heterocycles. The standard InChI is InChI=1S/C38H42N2O4/c1-21-13-17-37(18-14-21)39-33-25(11-9-23-5-3-7-27(43-37)29(23)33)31-35(41)32(36(31)42)26-12-10-24-6-4-8-28-30(24)34(26)40-38(44-28)19-15-22(2)16-20-38/h3-12,21-22,31-32,35-36,39-42H,13-20H2,1-2H3. The Labute approximate surface area is 258 Å². The lowest BCUT2D eigenvalue weighted by Gasteiger charge is -2.51. The molecule has 0 aromatic heterocycles. The average molecular weight is 591 g/mol. The van der Waals surface area contributed by atoms with Crippen LogP contribution in [0.2, 0.25) is 0 Å². The van der Waals surface area contributed by atoms with Gasteiger partial charge in [0.15, 0.2) is 11.4 Å². The monoisotopic (exact) mass is 590 g/mol. The second kappa shape index (κ2) is 9.51. The van der Waals surface area contributed by atoms with E-state index in [0.717, 1.165) is 107 Å². The van der Waals surface area contributed by atoms with Gasteiger partial charge in [-0.3, -0.25) is 0 Å². The highest BCUT2D eigenvalue weighted by Gasteiger charge is 2.54. The first-order valence-corrected chi connectivity index (χ1v) is 16.8. The predicted octanol–water partition coefficient (Wildman–Crippen LogP) is 8.02. The highest BCUT2D eigenvalue weighted by atomic mass is 16.5. The summed E-state index contributed by atoms with van der Waals surface area (Å²) in [6.07, 6.45) is 6.74. The molecule has 4 aromatic rings. The van der Waals surface area contributed by atoms with E-state index >= 15 is 0 Å². The van der Waals surface area contributed by atoms with Crippen molar-refractivity contribution in [1.82, 2.24) is 0 Å². The van der Waals surface area contributed by atoms with Crippen LogP contribution >= 0.6 is 0 Å². The van der Waals surface area contributed by atoms with Crippen LogP contribution in [0.4, 0.5) is 11.4 Å². The largest absolute Gasteiger partial charge is 0.467 e. The van der Waals surface area contributed by atoms with Gasteiger partial charge in [0.05, 0.1) is 23.6 Å². The Kier molecular flexibility index (Phi) is 5.81. The maximum atomic E-state index is 12.0. The molecule has 3 fully saturated rings. The van der Waals surface area contributed by atoms with Crippen LogP contribution in [0.15, 0.2) is 60.7 Å². The summed E-state index contributed by atoms with van der Waals surface area (Å²) in [7, 11) is 0. The van der Waals surface area contributed by atoms with E-state index in [-0.39, 0.29) is 0 Å². The molecule has 3 saturated carbocycles. The van der Waals surface area contributed by atoms with Crippen LogP contribution < -0.4 is 20.1 Å². The minimum Gasteiger partial charge on any atom is -0.467 e. The fourth-order valence-corrected chi connectivity index (χ4v) is 9.00. The Hall–Kier alpha value is -3.48. The van der Waals surface area contributed by atoms with Crippen molar-refractivity contribution in [2.24, 2.45) is 11.8 Å². The smallest absolute Gasteiger partial charge is 0.180 e. The van der Waals surface area contributed by atoms with Gasteiger partial charge in [0, 0.05) is 48.3 Å². The molecule has 5 aliphatic rings. The lowest BCUT2D eigenvalue weighted by atomic mass is 9.62. The molecule has 0 unspecified atom stereocenters. The molecule has 2 heterocycles. The average Bonchev–Trinajstić information content (AvgIpc) is 3.03. The Balaban J connectivity index is 1.10. The van der Waals surface area contributed by atoms with E-state index in [0.29, 0.717) is 11.8 Å². The third-order valence-corrected chi connectivity index (χ3v) is 11.7. The van der Waals surface area contributed by atoms with Crippen LogP contribution in [0.3, 0.4) is 0 Å². The third kappa shape index (κ3) is 3.86. The summed E-state index contributed by atoms with van der Waals surface area (Å²) in [4.78, 5) is 0. The lowest BCUT2D eigenvalue weighted by molar-refractivity contribution is -0.0783. The fraction of sp³-hybridized carbons (Fsp3) is 0.474. The van der Waals surface area contributed by atoms with Gasteiger partial charge < -0.3 is 30.3 Å². The van der Waals surface area contributed by atoms with E-state index in [1.165, 1.54) is 0 Å². The molecule has 0 bridgehead atoms. The number of rotatable bonds is 2. The van der Waals surface area contributed by atoms with Gasteiger partial charge >= 0.3 is 0 Å². The first-order valence-electron chi connectivity index (χ1n) is 16.8. The minimum atomic E-state index is -0.731. The van der Waals surface area contributed by atoms with E-state index in [9.17, 15) is 10.2 Å². The number of aliphatic hydroxyl groups excluding tert-OH is 2. The van der Waals surface area contributed by atoms with Crippen molar-refractivity contribution >= 4 is 32.9 Å². The molecule has 0 saturated heterocycles. The second-order valence-corrected chi connectivity index (χ2v) is 14.6. The molecule has 228 valence electrons. The SMILES string of the molecule is CC1CCC2(CC1)Nc1c(C3C(O)C(c4ccc5cccc6c5c4NC4(CCC(C)CC4)O6)C3O)ccc3cccc(c13)O2. The molecule has 6 nitrogen and oxygen atoms in total. The van der Waals surface area contributed by atoms with Crippen molar-refractivity contribution in [3.05, 3.63) is 71.8 Å². The van der Waals surface area contributed by atoms with E-state index in [4.69, 9.17) is 9.47 Å². The second-order valence-electron chi connectivity index (χ2n) is 14.6. The quantitative estimate of drug-likeness (QED) is 0.189. The summed E-state index contributed by atoms with van der Waals surface area (Å²) < 4.78 is 13.4. The van der Waals surface area contributed by atoms with Gasteiger partial charge in [-0.05, 0) is 71.6 Å². The topological polar surface area (TPSA) is 83.0 Å². The summed E-state index contributed by atoms with van der Waals surface area (Å²) in [5.74, 6) is 2.37. The molecule has 0 amide bonds. The zero-order valence-corrected chi connectivity index (χ0v) is 25.6. The number of ether oxygens (including phenoxy) is 2. The Morgan fingerprint density at radius 1 is 0.591 bits per heavy atom. The molecule has 0 atom stereocenters. The van der Waals surface area contributed by atoms with Crippen LogP contribution in [0.25, 0.3) is 21.5 Å². The highest BCUT2D eigenvalue weighted by Crippen LogP contribution is 2.57. The minimum absolute atomic E-state index is 0.403. The van der Waals surface area contributed by atoms with E-state index in [1.54, 1.807) is 0 Å². The van der Waals surface area contributed by atoms with Crippen LogP contribution in [-0.2, 0) is 0 Å². The Morgan fingerprint density at radius 2 is 1.00 bits per heavy atom. The maximum absolute atomic E-state index is 12.0. The van der Waals surface area contributed by atoms with Gasteiger partial charge in [-0.2, -0.15) is 0 Å². The van der Waals surface area contributed by atoms with Gasteiger partial charge in [0.1, 0.15) is 11.5 Å². The molecule has 0 radical (unpaired) electrons. The number of hydrogen-bond donors (Lipinski definition) is 4. The van der Waals surface area contributed by atoms with E-state index in [2.05, 4.69) is 85.1 Å². The molecule has 44 heavy (non-hydrogen) atoms. The summed E-state index contributed by atoms with van der Waals surface area (Å²) in [5, 5.41) is 36.0. The van der Waals surface area contributed by atoms with Crippen LogP contribution in [0.1, 0.15) is 88.2 Å². The number of benzene rings is 4. The van der Waals surface area contributed by atoms with Crippen molar-refractivity contribution in [1.29, 1.82) is 0 Å². The fourth-order valence-electron chi connectivity index (χ4n) is 9.00. The predicted molar refractivity (Wildman–Crippen MR) is 175 cm³/mol. The molecular weight excluding hydrogens is 548 g/mol. The van der Waals surface area contributed by atoms with Crippen molar-refractivity contribution < 1.29 is 19.7 Å². The number of aliphatic hydroxyl groups is 2. The van der Waals surface area contributed by atoms with E-state index in [1.807, 2.05) is 0 Å². The molecule has 9 rings (SSSR count). The number of nitrogens with one attached hydrogen (secondary N) is 2. The van der Waals surface area contributed by atoms with Crippen molar-refractivity contribution in [3.63, 3.8) is 0 Å².